The first kappa shape index (κ1) is 15.6. The van der Waals surface area contributed by atoms with Gasteiger partial charge in [-0.15, -0.1) is 0 Å². The Labute approximate surface area is 136 Å². The number of ether oxygens (including phenoxy) is 1. The Morgan fingerprint density at radius 3 is 2.68 bits per heavy atom. The molecule has 3 rings (SSSR count). The van der Waals surface area contributed by atoms with Crippen molar-refractivity contribution in [3.63, 3.8) is 0 Å². The summed E-state index contributed by atoms with van der Waals surface area (Å²) < 4.78 is 5.78. The highest BCUT2D eigenvalue weighted by Gasteiger charge is 2.31. The van der Waals surface area contributed by atoms with Gasteiger partial charge in [0.1, 0.15) is 5.75 Å². The molecule has 1 amide bonds. The average Bonchev–Trinajstić information content (AvgIpc) is 3.26. The van der Waals surface area contributed by atoms with Gasteiger partial charge < -0.3 is 14.7 Å². The van der Waals surface area contributed by atoms with Crippen LogP contribution in [0.4, 0.5) is 0 Å². The highest BCUT2D eigenvalue weighted by molar-refractivity contribution is 6.34. The molecule has 0 heterocycles. The quantitative estimate of drug-likeness (QED) is 0.875. The van der Waals surface area contributed by atoms with Gasteiger partial charge in [0.2, 0.25) is 0 Å². The smallest absolute Gasteiger partial charge is 0.255 e. The van der Waals surface area contributed by atoms with Gasteiger partial charge in [-0.25, -0.2) is 0 Å². The summed E-state index contributed by atoms with van der Waals surface area (Å²) in [4.78, 5) is 14.0. The van der Waals surface area contributed by atoms with Crippen LogP contribution in [0.15, 0.2) is 18.2 Å². The van der Waals surface area contributed by atoms with Crippen LogP contribution in [0.3, 0.4) is 0 Å². The van der Waals surface area contributed by atoms with Crippen molar-refractivity contribution in [1.29, 1.82) is 0 Å². The van der Waals surface area contributed by atoms with Crippen LogP contribution in [-0.2, 0) is 0 Å². The van der Waals surface area contributed by atoms with Crippen molar-refractivity contribution in [1.82, 2.24) is 4.90 Å². The Bertz CT molecular complexity index is 555. The van der Waals surface area contributed by atoms with E-state index < -0.39 is 6.10 Å². The summed E-state index contributed by atoms with van der Waals surface area (Å²) in [5.41, 5.74) is 0.452. The van der Waals surface area contributed by atoms with Crippen LogP contribution < -0.4 is 4.74 Å². The van der Waals surface area contributed by atoms with Crippen molar-refractivity contribution in [3.05, 3.63) is 28.8 Å². The summed E-state index contributed by atoms with van der Waals surface area (Å²) in [6, 6.07) is 5.21. The highest BCUT2D eigenvalue weighted by atomic mass is 35.5. The zero-order chi connectivity index (χ0) is 15.7. The molecule has 0 bridgehead atoms. The van der Waals surface area contributed by atoms with Gasteiger partial charge in [0, 0.05) is 13.6 Å². The molecular weight excluding hydrogens is 302 g/mol. The first-order valence-corrected chi connectivity index (χ1v) is 8.32. The summed E-state index contributed by atoms with van der Waals surface area (Å²) in [6.07, 6.45) is 5.33. The van der Waals surface area contributed by atoms with Gasteiger partial charge in [0.05, 0.1) is 22.8 Å². The third-order valence-electron chi connectivity index (χ3n) is 4.50. The molecule has 0 aromatic heterocycles. The number of carbonyl (C=O) groups is 1. The average molecular weight is 324 g/mol. The van der Waals surface area contributed by atoms with E-state index in [4.69, 9.17) is 16.3 Å². The third kappa shape index (κ3) is 3.55. The first-order chi connectivity index (χ1) is 10.5. The number of benzene rings is 1. The van der Waals surface area contributed by atoms with E-state index in [-0.39, 0.29) is 12.0 Å². The molecule has 0 spiro atoms. The van der Waals surface area contributed by atoms with Crippen molar-refractivity contribution in [2.24, 2.45) is 5.92 Å². The van der Waals surface area contributed by atoms with E-state index in [1.807, 2.05) is 0 Å². The maximum absolute atomic E-state index is 12.4. The minimum absolute atomic E-state index is 0.167. The predicted octanol–water partition coefficient (Wildman–Crippen LogP) is 3.11. The lowest BCUT2D eigenvalue weighted by Gasteiger charge is -2.26. The molecule has 2 aliphatic rings. The molecule has 1 aromatic carbocycles. The predicted molar refractivity (Wildman–Crippen MR) is 85.4 cm³/mol. The molecule has 4 nitrogen and oxygen atoms in total. The SMILES string of the molecule is CN(CC(O)C1CC1)C(=O)c1ccc(OC2CCC2)cc1Cl. The zero-order valence-corrected chi connectivity index (χ0v) is 13.6. The van der Waals surface area contributed by atoms with E-state index in [0.29, 0.717) is 28.8 Å². The van der Waals surface area contributed by atoms with Crippen LogP contribution in [0.2, 0.25) is 5.02 Å². The van der Waals surface area contributed by atoms with Crippen LogP contribution >= 0.6 is 11.6 Å². The summed E-state index contributed by atoms with van der Waals surface area (Å²) in [5, 5.41) is 10.4. The molecule has 22 heavy (non-hydrogen) atoms. The third-order valence-corrected chi connectivity index (χ3v) is 4.81. The second-order valence-corrected chi connectivity index (χ2v) is 6.81. The molecule has 2 saturated carbocycles. The van der Waals surface area contributed by atoms with Gasteiger partial charge in [-0.1, -0.05) is 11.6 Å². The number of likely N-dealkylation sites (N-methyl/N-ethyl adjacent to an activating group) is 1. The number of halogens is 1. The van der Waals surface area contributed by atoms with Crippen molar-refractivity contribution < 1.29 is 14.6 Å². The molecule has 1 unspecified atom stereocenters. The Hall–Kier alpha value is -1.26. The second kappa shape index (κ2) is 6.47. The molecule has 0 radical (unpaired) electrons. The van der Waals surface area contributed by atoms with Gasteiger partial charge in [-0.3, -0.25) is 4.79 Å². The van der Waals surface area contributed by atoms with Crippen molar-refractivity contribution in [2.75, 3.05) is 13.6 Å². The standard InChI is InChI=1S/C17H22ClNO3/c1-19(10-16(20)11-5-6-11)17(21)14-8-7-13(9-15(14)18)22-12-3-2-4-12/h7-9,11-12,16,20H,2-6,10H2,1H3. The fourth-order valence-electron chi connectivity index (χ4n) is 2.62. The molecule has 120 valence electrons. The highest BCUT2D eigenvalue weighted by Crippen LogP contribution is 2.33. The number of hydrogen-bond donors (Lipinski definition) is 1. The van der Waals surface area contributed by atoms with Crippen molar-refractivity contribution >= 4 is 17.5 Å². The Morgan fingerprint density at radius 2 is 2.14 bits per heavy atom. The molecule has 2 fully saturated rings. The number of amides is 1. The molecule has 1 aromatic rings. The van der Waals surface area contributed by atoms with Crippen LogP contribution in [0.5, 0.6) is 5.75 Å². The largest absolute Gasteiger partial charge is 0.490 e. The molecule has 5 heteroatoms. The molecule has 1 N–H and O–H groups in total. The Balaban J connectivity index is 1.63. The van der Waals surface area contributed by atoms with E-state index in [0.717, 1.165) is 25.7 Å². The molecule has 1 atom stereocenters. The van der Waals surface area contributed by atoms with Crippen LogP contribution in [0.25, 0.3) is 0 Å². The van der Waals surface area contributed by atoms with Gasteiger partial charge in [-0.2, -0.15) is 0 Å². The molecule has 2 aliphatic carbocycles. The fraction of sp³-hybridized carbons (Fsp3) is 0.588. The number of aliphatic hydroxyl groups excluding tert-OH is 1. The number of carbonyl (C=O) groups excluding carboxylic acids is 1. The summed E-state index contributed by atoms with van der Waals surface area (Å²) in [6.45, 7) is 0.347. The van der Waals surface area contributed by atoms with Gasteiger partial charge in [0.25, 0.3) is 5.91 Å². The molecule has 0 saturated heterocycles. The number of nitrogens with zero attached hydrogens (tertiary/aromatic N) is 1. The normalized spacial score (nSPS) is 19.4. The number of rotatable bonds is 6. The van der Waals surface area contributed by atoms with Crippen molar-refractivity contribution in [3.8, 4) is 5.75 Å². The van der Waals surface area contributed by atoms with E-state index >= 15 is 0 Å². The fourth-order valence-corrected chi connectivity index (χ4v) is 2.87. The number of hydrogen-bond acceptors (Lipinski definition) is 3. The van der Waals surface area contributed by atoms with Gasteiger partial charge in [0.15, 0.2) is 0 Å². The molecule has 0 aliphatic heterocycles. The van der Waals surface area contributed by atoms with Crippen LogP contribution in [0, 0.1) is 5.92 Å². The van der Waals surface area contributed by atoms with Crippen LogP contribution in [0.1, 0.15) is 42.5 Å². The minimum atomic E-state index is -0.436. The topological polar surface area (TPSA) is 49.8 Å². The molecular formula is C17H22ClNO3. The summed E-state index contributed by atoms with van der Waals surface area (Å²) in [5.74, 6) is 0.899. The monoisotopic (exact) mass is 323 g/mol. The van der Waals surface area contributed by atoms with Gasteiger partial charge >= 0.3 is 0 Å². The number of aliphatic hydroxyl groups is 1. The summed E-state index contributed by atoms with van der Waals surface area (Å²) >= 11 is 6.23. The van der Waals surface area contributed by atoms with Gasteiger partial charge in [-0.05, 0) is 56.2 Å². The minimum Gasteiger partial charge on any atom is -0.490 e. The Morgan fingerprint density at radius 1 is 1.41 bits per heavy atom. The first-order valence-electron chi connectivity index (χ1n) is 7.94. The van der Waals surface area contributed by atoms with E-state index in [9.17, 15) is 9.90 Å². The maximum atomic E-state index is 12.4. The van der Waals surface area contributed by atoms with E-state index in [1.165, 1.54) is 11.3 Å². The maximum Gasteiger partial charge on any atom is 0.255 e. The lowest BCUT2D eigenvalue weighted by molar-refractivity contribution is 0.0645. The lowest BCUT2D eigenvalue weighted by atomic mass is 9.96. The van der Waals surface area contributed by atoms with Crippen LogP contribution in [-0.4, -0.2) is 41.7 Å². The summed E-state index contributed by atoms with van der Waals surface area (Å²) in [7, 11) is 1.70. The van der Waals surface area contributed by atoms with E-state index in [1.54, 1.807) is 25.2 Å². The Kier molecular flexibility index (Phi) is 4.59. The zero-order valence-electron chi connectivity index (χ0n) is 12.8. The van der Waals surface area contributed by atoms with Crippen molar-refractivity contribution in [2.45, 2.75) is 44.3 Å². The second-order valence-electron chi connectivity index (χ2n) is 6.40. The van der Waals surface area contributed by atoms with E-state index in [2.05, 4.69) is 0 Å². The lowest BCUT2D eigenvalue weighted by Crippen LogP contribution is -2.35.